The third kappa shape index (κ3) is 2.39. The summed E-state index contributed by atoms with van der Waals surface area (Å²) in [6, 6.07) is 36.1. The summed E-state index contributed by atoms with van der Waals surface area (Å²) in [6.45, 7) is 4.46. The van der Waals surface area contributed by atoms with Gasteiger partial charge < -0.3 is 9.13 Å². The molecule has 8 rings (SSSR count). The number of rotatable bonds is 0. The summed E-state index contributed by atoms with van der Waals surface area (Å²) in [6.07, 6.45) is 0.893. The maximum atomic E-state index is 2.50. The van der Waals surface area contributed by atoms with E-state index in [1.165, 1.54) is 77.2 Å². The third-order valence-electron chi connectivity index (χ3n) is 7.92. The number of benzene rings is 5. The smallest absolute Gasteiger partial charge is 0.0576 e. The van der Waals surface area contributed by atoms with Crippen molar-refractivity contribution in [1.82, 2.24) is 9.13 Å². The Morgan fingerprint density at radius 3 is 1.34 bits per heavy atom. The Kier molecular flexibility index (Phi) is 3.61. The van der Waals surface area contributed by atoms with E-state index in [9.17, 15) is 0 Å². The maximum absolute atomic E-state index is 2.50. The van der Waals surface area contributed by atoms with Gasteiger partial charge in [-0.3, -0.25) is 0 Å². The van der Waals surface area contributed by atoms with Crippen LogP contribution >= 0.6 is 0 Å². The first-order valence-electron chi connectivity index (χ1n) is 12.3. The van der Waals surface area contributed by atoms with Gasteiger partial charge in [0.1, 0.15) is 0 Å². The van der Waals surface area contributed by atoms with Crippen LogP contribution in [0.5, 0.6) is 0 Å². The fraction of sp³-hybridized carbons (Fsp3) is 0.0909. The Morgan fingerprint density at radius 2 is 0.857 bits per heavy atom. The zero-order valence-electron chi connectivity index (χ0n) is 19.8. The van der Waals surface area contributed by atoms with Crippen molar-refractivity contribution in [1.29, 1.82) is 0 Å². The number of hydrogen-bond donors (Lipinski definition) is 0. The minimum atomic E-state index is 0.893. The van der Waals surface area contributed by atoms with Crippen LogP contribution in [0, 0.1) is 13.8 Å². The zero-order valence-corrected chi connectivity index (χ0v) is 19.8. The number of hydrogen-bond acceptors (Lipinski definition) is 0. The van der Waals surface area contributed by atoms with Gasteiger partial charge in [0.2, 0.25) is 0 Å². The molecule has 0 saturated heterocycles. The highest BCUT2D eigenvalue weighted by Crippen LogP contribution is 2.41. The predicted molar refractivity (Wildman–Crippen MR) is 147 cm³/mol. The van der Waals surface area contributed by atoms with Crippen LogP contribution < -0.4 is 0 Å². The molecule has 0 fully saturated rings. The molecule has 0 spiro atoms. The number of nitrogens with zero attached hydrogens (tertiary/aromatic N) is 2. The maximum Gasteiger partial charge on any atom is 0.0576 e. The molecule has 2 heteroatoms. The van der Waals surface area contributed by atoms with Gasteiger partial charge in [-0.25, -0.2) is 0 Å². The van der Waals surface area contributed by atoms with Crippen LogP contribution in [0.3, 0.4) is 0 Å². The quantitative estimate of drug-likeness (QED) is 0.220. The highest BCUT2D eigenvalue weighted by Gasteiger charge is 2.22. The Morgan fingerprint density at radius 1 is 0.457 bits per heavy atom. The zero-order chi connectivity index (χ0) is 23.3. The number of para-hydroxylation sites is 4. The average molecular weight is 449 g/mol. The molecule has 1 aliphatic heterocycles. The van der Waals surface area contributed by atoms with E-state index in [0.717, 1.165) is 6.42 Å². The fourth-order valence-electron chi connectivity index (χ4n) is 6.49. The second-order valence-corrected chi connectivity index (χ2v) is 9.94. The molecule has 2 nitrogen and oxygen atoms in total. The molecule has 1 aliphatic rings. The van der Waals surface area contributed by atoms with Gasteiger partial charge in [0.05, 0.1) is 22.1 Å². The second-order valence-electron chi connectivity index (χ2n) is 9.94. The summed E-state index contributed by atoms with van der Waals surface area (Å²) in [5, 5.41) is 5.31. The highest BCUT2D eigenvalue weighted by molar-refractivity contribution is 6.13. The summed E-state index contributed by atoms with van der Waals surface area (Å²) in [4.78, 5) is 0. The molecule has 5 aromatic carbocycles. The third-order valence-corrected chi connectivity index (χ3v) is 7.92. The Hall–Kier alpha value is -4.30. The second kappa shape index (κ2) is 6.64. The highest BCUT2D eigenvalue weighted by atomic mass is 15.0. The van der Waals surface area contributed by atoms with Crippen molar-refractivity contribution in [2.75, 3.05) is 0 Å². The Labute approximate surface area is 203 Å². The van der Waals surface area contributed by atoms with Crippen molar-refractivity contribution in [2.45, 2.75) is 20.3 Å². The van der Waals surface area contributed by atoms with Gasteiger partial charge in [-0.1, -0.05) is 78.9 Å². The van der Waals surface area contributed by atoms with Gasteiger partial charge >= 0.3 is 0 Å². The molecule has 0 radical (unpaired) electrons. The van der Waals surface area contributed by atoms with Gasteiger partial charge in [-0.2, -0.15) is 0 Å². The predicted octanol–water partition coefficient (Wildman–Crippen LogP) is 8.40. The van der Waals surface area contributed by atoms with Crippen LogP contribution in [0.25, 0.3) is 55.0 Å². The summed E-state index contributed by atoms with van der Waals surface area (Å²) < 4.78 is 5.00. The largest absolute Gasteiger partial charge is 0.309 e. The molecule has 3 heterocycles. The molecule has 0 aliphatic carbocycles. The van der Waals surface area contributed by atoms with Crippen LogP contribution in [0.4, 0.5) is 0 Å². The molecule has 2 aromatic heterocycles. The first-order valence-corrected chi connectivity index (χ1v) is 12.3. The van der Waals surface area contributed by atoms with Crippen molar-refractivity contribution < 1.29 is 0 Å². The monoisotopic (exact) mass is 448 g/mol. The lowest BCUT2D eigenvalue weighted by Gasteiger charge is -2.18. The van der Waals surface area contributed by atoms with Crippen LogP contribution in [-0.4, -0.2) is 9.13 Å². The van der Waals surface area contributed by atoms with Crippen LogP contribution in [0.15, 0.2) is 97.1 Å². The lowest BCUT2D eigenvalue weighted by molar-refractivity contribution is 1.08. The molecule has 0 N–H and O–H groups in total. The molecule has 0 unspecified atom stereocenters. The van der Waals surface area contributed by atoms with Crippen LogP contribution in [0.2, 0.25) is 0 Å². The van der Waals surface area contributed by atoms with Crippen molar-refractivity contribution in [3.8, 4) is 11.4 Å². The molecular weight excluding hydrogens is 424 g/mol. The minimum absolute atomic E-state index is 0.893. The van der Waals surface area contributed by atoms with E-state index in [2.05, 4.69) is 120 Å². The number of fused-ring (bicyclic) bond motifs is 10. The lowest BCUT2D eigenvalue weighted by atomic mass is 9.99. The van der Waals surface area contributed by atoms with Gasteiger partial charge in [0.25, 0.3) is 0 Å². The van der Waals surface area contributed by atoms with E-state index < -0.39 is 0 Å². The van der Waals surface area contributed by atoms with Gasteiger partial charge in [0.15, 0.2) is 0 Å². The molecule has 166 valence electrons. The first kappa shape index (κ1) is 19.1. The summed E-state index contributed by atoms with van der Waals surface area (Å²) in [5.74, 6) is 0. The average Bonchev–Trinajstić information content (AvgIpc) is 3.40. The minimum Gasteiger partial charge on any atom is -0.309 e. The van der Waals surface area contributed by atoms with Gasteiger partial charge in [-0.05, 0) is 54.3 Å². The number of aryl methyl sites for hydroxylation is 2. The molecule has 7 aromatic rings. The molecule has 0 amide bonds. The molecule has 0 atom stereocenters. The molecular formula is C33H24N2. The fourth-order valence-corrected chi connectivity index (χ4v) is 6.49. The van der Waals surface area contributed by atoms with E-state index in [-0.39, 0.29) is 0 Å². The first-order chi connectivity index (χ1) is 17.2. The Bertz CT molecular complexity index is 1860. The van der Waals surface area contributed by atoms with E-state index >= 15 is 0 Å². The molecule has 35 heavy (non-hydrogen) atoms. The number of aromatic nitrogens is 2. The Balaban J connectivity index is 1.65. The summed E-state index contributed by atoms with van der Waals surface area (Å²) >= 11 is 0. The van der Waals surface area contributed by atoms with Crippen molar-refractivity contribution in [2.24, 2.45) is 0 Å². The van der Waals surface area contributed by atoms with E-state index in [0.29, 0.717) is 0 Å². The van der Waals surface area contributed by atoms with Crippen molar-refractivity contribution >= 4 is 43.6 Å². The van der Waals surface area contributed by atoms with Crippen molar-refractivity contribution in [3.63, 3.8) is 0 Å². The van der Waals surface area contributed by atoms with E-state index in [4.69, 9.17) is 0 Å². The normalized spacial score (nSPS) is 12.7. The molecule has 0 saturated carbocycles. The van der Waals surface area contributed by atoms with E-state index in [1.54, 1.807) is 0 Å². The molecule has 2 bridgehead atoms. The SMILES string of the molecule is Cc1cccc2c3cccc4c3n(c12)-c1cccc(c1)-n1c2c(C)cccc2c2cccc(c21)C4. The van der Waals surface area contributed by atoms with E-state index in [1.807, 2.05) is 0 Å². The summed E-state index contributed by atoms with van der Waals surface area (Å²) in [5.41, 5.74) is 13.0. The lowest BCUT2D eigenvalue weighted by Crippen LogP contribution is -2.05. The van der Waals surface area contributed by atoms with Gasteiger partial charge in [-0.15, -0.1) is 0 Å². The summed E-state index contributed by atoms with van der Waals surface area (Å²) in [7, 11) is 0. The van der Waals surface area contributed by atoms with Gasteiger partial charge in [0, 0.05) is 39.3 Å². The van der Waals surface area contributed by atoms with Crippen LogP contribution in [-0.2, 0) is 6.42 Å². The van der Waals surface area contributed by atoms with Crippen LogP contribution in [0.1, 0.15) is 22.3 Å². The topological polar surface area (TPSA) is 9.86 Å². The van der Waals surface area contributed by atoms with Crippen molar-refractivity contribution in [3.05, 3.63) is 119 Å². The standard InChI is InChI=1S/C33H24N2/c1-20-8-3-14-26-28-16-5-10-22-18-23-11-6-17-29-27-15-4-9-21(2)31(27)35(33(23)29)25-13-7-12-24(19-25)34(30(20)26)32(22)28/h3-17,19H,18H2,1-2H3.